The van der Waals surface area contributed by atoms with Crippen LogP contribution in [0.4, 0.5) is 17.1 Å². The normalized spacial score (nSPS) is 10.0. The minimum Gasteiger partial charge on any atom is -0.492 e. The summed E-state index contributed by atoms with van der Waals surface area (Å²) in [5.74, 6) is 0.261. The van der Waals surface area contributed by atoms with Crippen LogP contribution in [-0.2, 0) is 4.74 Å². The molecular weight excluding hydrogens is 268 g/mol. The Kier molecular flexibility index (Phi) is 4.66. The van der Waals surface area contributed by atoms with Crippen LogP contribution >= 0.6 is 0 Å². The van der Waals surface area contributed by atoms with Gasteiger partial charge < -0.3 is 20.5 Å². The summed E-state index contributed by atoms with van der Waals surface area (Å²) in [5.41, 5.74) is 8.12. The molecule has 0 aromatic heterocycles. The van der Waals surface area contributed by atoms with Crippen LogP contribution in [0.1, 0.15) is 17.3 Å². The van der Waals surface area contributed by atoms with E-state index in [0.717, 1.165) is 11.4 Å². The molecule has 0 saturated carbocycles. The fraction of sp³-hybridized carbons (Fsp3) is 0.188. The SMILES string of the molecule is CCOc1ccccc1Nc1cccc(C(=O)OC)c1N. The Balaban J connectivity index is 2.34. The first-order chi connectivity index (χ1) is 10.2. The van der Waals surface area contributed by atoms with Gasteiger partial charge in [0, 0.05) is 0 Å². The molecule has 0 unspecified atom stereocenters. The number of nitrogens with one attached hydrogen (secondary N) is 1. The number of anilines is 3. The molecule has 0 aliphatic carbocycles. The fourth-order valence-electron chi connectivity index (χ4n) is 1.96. The maximum absolute atomic E-state index is 11.7. The Hall–Kier alpha value is -2.69. The van der Waals surface area contributed by atoms with E-state index in [9.17, 15) is 4.79 Å². The molecule has 3 N–H and O–H groups in total. The maximum Gasteiger partial charge on any atom is 0.340 e. The Labute approximate surface area is 123 Å². The number of carbonyl (C=O) groups excluding carboxylic acids is 1. The smallest absolute Gasteiger partial charge is 0.340 e. The Bertz CT molecular complexity index is 641. The molecule has 0 amide bonds. The molecule has 0 fully saturated rings. The van der Waals surface area contributed by atoms with E-state index in [4.69, 9.17) is 15.2 Å². The quantitative estimate of drug-likeness (QED) is 0.652. The van der Waals surface area contributed by atoms with Crippen LogP contribution in [-0.4, -0.2) is 19.7 Å². The van der Waals surface area contributed by atoms with Crippen molar-refractivity contribution in [2.75, 3.05) is 24.8 Å². The predicted molar refractivity (Wildman–Crippen MR) is 83.1 cm³/mol. The average Bonchev–Trinajstić information content (AvgIpc) is 2.51. The first kappa shape index (κ1) is 14.7. The molecule has 110 valence electrons. The topological polar surface area (TPSA) is 73.6 Å². The van der Waals surface area contributed by atoms with Crippen LogP contribution < -0.4 is 15.8 Å². The average molecular weight is 286 g/mol. The number of hydrogen-bond acceptors (Lipinski definition) is 5. The highest BCUT2D eigenvalue weighted by Crippen LogP contribution is 2.31. The summed E-state index contributed by atoms with van der Waals surface area (Å²) in [6.45, 7) is 2.49. The number of nitrogen functional groups attached to an aromatic ring is 1. The molecule has 2 aromatic rings. The first-order valence-electron chi connectivity index (χ1n) is 6.63. The lowest BCUT2D eigenvalue weighted by molar-refractivity contribution is 0.0602. The van der Waals surface area contributed by atoms with Gasteiger partial charge in [-0.25, -0.2) is 4.79 Å². The number of hydrogen-bond donors (Lipinski definition) is 2. The summed E-state index contributed by atoms with van der Waals surface area (Å²) >= 11 is 0. The van der Waals surface area contributed by atoms with Gasteiger partial charge >= 0.3 is 5.97 Å². The monoisotopic (exact) mass is 286 g/mol. The van der Waals surface area contributed by atoms with E-state index in [0.29, 0.717) is 23.5 Å². The zero-order valence-corrected chi connectivity index (χ0v) is 12.1. The van der Waals surface area contributed by atoms with Gasteiger partial charge in [-0.15, -0.1) is 0 Å². The molecule has 5 nitrogen and oxygen atoms in total. The summed E-state index contributed by atoms with van der Waals surface area (Å²) in [5, 5.41) is 3.19. The molecule has 0 aliphatic rings. The molecule has 0 saturated heterocycles. The second-order valence-corrected chi connectivity index (χ2v) is 4.31. The second-order valence-electron chi connectivity index (χ2n) is 4.31. The van der Waals surface area contributed by atoms with Crippen molar-refractivity contribution >= 4 is 23.0 Å². The van der Waals surface area contributed by atoms with Crippen LogP contribution in [0.5, 0.6) is 5.75 Å². The number of benzene rings is 2. The molecular formula is C16H18N2O3. The molecule has 21 heavy (non-hydrogen) atoms. The fourth-order valence-corrected chi connectivity index (χ4v) is 1.96. The number of rotatable bonds is 5. The van der Waals surface area contributed by atoms with Crippen molar-refractivity contribution < 1.29 is 14.3 Å². The molecule has 0 atom stereocenters. The van der Waals surface area contributed by atoms with E-state index in [1.54, 1.807) is 18.2 Å². The molecule has 0 radical (unpaired) electrons. The number of methoxy groups -OCH3 is 1. The summed E-state index contributed by atoms with van der Waals surface area (Å²) in [4.78, 5) is 11.7. The zero-order chi connectivity index (χ0) is 15.2. The highest BCUT2D eigenvalue weighted by Gasteiger charge is 2.13. The third-order valence-corrected chi connectivity index (χ3v) is 2.97. The zero-order valence-electron chi connectivity index (χ0n) is 12.1. The van der Waals surface area contributed by atoms with Gasteiger partial charge in [0.1, 0.15) is 5.75 Å². The molecule has 0 spiro atoms. The van der Waals surface area contributed by atoms with Crippen LogP contribution in [0, 0.1) is 0 Å². The number of nitrogens with two attached hydrogens (primary N) is 1. The minimum absolute atomic E-state index is 0.330. The maximum atomic E-state index is 11.7. The molecule has 0 heterocycles. The highest BCUT2D eigenvalue weighted by molar-refractivity contribution is 5.98. The van der Waals surface area contributed by atoms with Gasteiger partial charge in [-0.3, -0.25) is 0 Å². The Morgan fingerprint density at radius 2 is 1.86 bits per heavy atom. The summed E-state index contributed by atoms with van der Waals surface area (Å²) in [6, 6.07) is 12.7. The molecule has 0 aliphatic heterocycles. The third-order valence-electron chi connectivity index (χ3n) is 2.97. The minimum atomic E-state index is -0.464. The number of carbonyl (C=O) groups is 1. The molecule has 0 bridgehead atoms. The summed E-state index contributed by atoms with van der Waals surface area (Å²) in [7, 11) is 1.33. The van der Waals surface area contributed by atoms with Crippen molar-refractivity contribution in [2.24, 2.45) is 0 Å². The molecule has 2 rings (SSSR count). The second kappa shape index (κ2) is 6.65. The van der Waals surface area contributed by atoms with E-state index < -0.39 is 5.97 Å². The lowest BCUT2D eigenvalue weighted by Gasteiger charge is -2.15. The molecule has 5 heteroatoms. The highest BCUT2D eigenvalue weighted by atomic mass is 16.5. The van der Waals surface area contributed by atoms with Crippen LogP contribution in [0.2, 0.25) is 0 Å². The van der Waals surface area contributed by atoms with Crippen molar-refractivity contribution in [2.45, 2.75) is 6.92 Å². The van der Waals surface area contributed by atoms with Crippen molar-refractivity contribution in [3.8, 4) is 5.75 Å². The van der Waals surface area contributed by atoms with Gasteiger partial charge in [0.2, 0.25) is 0 Å². The number of esters is 1. The van der Waals surface area contributed by atoms with E-state index in [-0.39, 0.29) is 0 Å². The Morgan fingerprint density at radius 1 is 1.14 bits per heavy atom. The largest absolute Gasteiger partial charge is 0.492 e. The van der Waals surface area contributed by atoms with Crippen LogP contribution in [0.3, 0.4) is 0 Å². The summed E-state index contributed by atoms with van der Waals surface area (Å²) in [6.07, 6.45) is 0. The van der Waals surface area contributed by atoms with Crippen LogP contribution in [0.15, 0.2) is 42.5 Å². The number of ether oxygens (including phenoxy) is 2. The van der Waals surface area contributed by atoms with Crippen molar-refractivity contribution in [3.63, 3.8) is 0 Å². The molecule has 2 aromatic carbocycles. The standard InChI is InChI=1S/C16H18N2O3/c1-3-21-14-10-5-4-8-12(14)18-13-9-6-7-11(15(13)17)16(19)20-2/h4-10,18H,3,17H2,1-2H3. The van der Waals surface area contributed by atoms with E-state index in [1.165, 1.54) is 7.11 Å². The van der Waals surface area contributed by atoms with Crippen LogP contribution in [0.25, 0.3) is 0 Å². The Morgan fingerprint density at radius 3 is 2.57 bits per heavy atom. The van der Waals surface area contributed by atoms with Crippen molar-refractivity contribution in [1.82, 2.24) is 0 Å². The first-order valence-corrected chi connectivity index (χ1v) is 6.63. The van der Waals surface area contributed by atoms with Gasteiger partial charge in [0.15, 0.2) is 0 Å². The van der Waals surface area contributed by atoms with Gasteiger partial charge in [0.25, 0.3) is 0 Å². The lowest BCUT2D eigenvalue weighted by Crippen LogP contribution is -2.08. The van der Waals surface area contributed by atoms with E-state index in [1.807, 2.05) is 31.2 Å². The van der Waals surface area contributed by atoms with E-state index in [2.05, 4.69) is 5.32 Å². The van der Waals surface area contributed by atoms with Crippen molar-refractivity contribution in [3.05, 3.63) is 48.0 Å². The summed E-state index contributed by atoms with van der Waals surface area (Å²) < 4.78 is 10.3. The van der Waals surface area contributed by atoms with Gasteiger partial charge in [-0.2, -0.15) is 0 Å². The van der Waals surface area contributed by atoms with Gasteiger partial charge in [-0.1, -0.05) is 18.2 Å². The van der Waals surface area contributed by atoms with Gasteiger partial charge in [0.05, 0.1) is 36.3 Å². The van der Waals surface area contributed by atoms with Gasteiger partial charge in [-0.05, 0) is 31.2 Å². The predicted octanol–water partition coefficient (Wildman–Crippen LogP) is 3.20. The number of para-hydroxylation sites is 3. The van der Waals surface area contributed by atoms with E-state index >= 15 is 0 Å². The van der Waals surface area contributed by atoms with Crippen molar-refractivity contribution in [1.29, 1.82) is 0 Å². The third kappa shape index (κ3) is 3.25. The lowest BCUT2D eigenvalue weighted by atomic mass is 10.1.